The van der Waals surface area contributed by atoms with E-state index >= 15 is 0 Å². The summed E-state index contributed by atoms with van der Waals surface area (Å²) >= 11 is 0. The number of nitrogens with zero attached hydrogens (tertiary/aromatic N) is 4. The van der Waals surface area contributed by atoms with E-state index in [0.717, 1.165) is 42.9 Å². The Kier molecular flexibility index (Phi) is 6.58. The molecule has 2 aromatic heterocycles. The first kappa shape index (κ1) is 23.2. The fraction of sp³-hybridized carbons (Fsp3) is 0.636. The number of rotatable bonds is 7. The summed E-state index contributed by atoms with van der Waals surface area (Å²) in [6, 6.07) is 1.96. The number of Topliss-reactive ketones (excluding diaryl/α,β-unsaturated/α-hetero) is 1. The lowest BCUT2D eigenvalue weighted by molar-refractivity contribution is 0.0896. The van der Waals surface area contributed by atoms with Crippen molar-refractivity contribution >= 4 is 15.8 Å². The highest BCUT2D eigenvalue weighted by Gasteiger charge is 2.34. The second kappa shape index (κ2) is 9.09. The number of aryl methyl sites for hydroxylation is 3. The number of sulfonamides is 1. The molecule has 4 rings (SSSR count). The van der Waals surface area contributed by atoms with Crippen LogP contribution in [0.4, 0.5) is 0 Å². The number of carbonyl (C=O) groups excluding carboxylic acids is 1. The van der Waals surface area contributed by atoms with Gasteiger partial charge in [0.25, 0.3) is 0 Å². The van der Waals surface area contributed by atoms with Crippen molar-refractivity contribution in [2.24, 2.45) is 0 Å². The van der Waals surface area contributed by atoms with Crippen molar-refractivity contribution in [1.82, 2.24) is 18.9 Å². The lowest BCUT2D eigenvalue weighted by atomic mass is 10.1. The van der Waals surface area contributed by atoms with Crippen LogP contribution in [0.25, 0.3) is 0 Å². The third-order valence-corrected chi connectivity index (χ3v) is 8.69. The Balaban J connectivity index is 1.38. The molecule has 176 valence electrons. The Labute approximate surface area is 189 Å². The topological polar surface area (TPSA) is 97.9 Å². The molecule has 9 nitrogen and oxygen atoms in total. The molecule has 32 heavy (non-hydrogen) atoms. The maximum atomic E-state index is 13.1. The Morgan fingerprint density at radius 1 is 1.16 bits per heavy atom. The van der Waals surface area contributed by atoms with Gasteiger partial charge in [0.05, 0.1) is 12.6 Å². The van der Waals surface area contributed by atoms with E-state index in [1.54, 1.807) is 13.8 Å². The molecule has 10 heteroatoms. The SMILES string of the molecule is Cc1noc(C)c1S(=O)(=O)N1CCN(CC(=O)c2cc(C)n(C[C@@H]3CCCO3)c2C)CC1. The zero-order valence-electron chi connectivity index (χ0n) is 19.3. The van der Waals surface area contributed by atoms with Gasteiger partial charge in [0.2, 0.25) is 10.0 Å². The summed E-state index contributed by atoms with van der Waals surface area (Å²) in [5, 5.41) is 3.77. The smallest absolute Gasteiger partial charge is 0.248 e. The number of hydrogen-bond acceptors (Lipinski definition) is 7. The summed E-state index contributed by atoms with van der Waals surface area (Å²) in [6.45, 7) is 10.8. The first-order valence-corrected chi connectivity index (χ1v) is 12.6. The molecule has 2 saturated heterocycles. The maximum Gasteiger partial charge on any atom is 0.248 e. The van der Waals surface area contributed by atoms with Gasteiger partial charge in [-0.3, -0.25) is 9.69 Å². The van der Waals surface area contributed by atoms with E-state index in [2.05, 4.69) is 9.72 Å². The van der Waals surface area contributed by atoms with Crippen molar-refractivity contribution < 1.29 is 22.5 Å². The molecule has 2 aliphatic rings. The number of piperazine rings is 1. The minimum absolute atomic E-state index is 0.0683. The van der Waals surface area contributed by atoms with Crippen molar-refractivity contribution in [2.45, 2.75) is 58.1 Å². The Morgan fingerprint density at radius 2 is 1.88 bits per heavy atom. The van der Waals surface area contributed by atoms with Gasteiger partial charge in [0.1, 0.15) is 10.6 Å². The van der Waals surface area contributed by atoms with E-state index in [1.807, 2.05) is 24.8 Å². The van der Waals surface area contributed by atoms with Gasteiger partial charge in [-0.1, -0.05) is 5.16 Å². The van der Waals surface area contributed by atoms with Crippen molar-refractivity contribution in [3.8, 4) is 0 Å². The molecule has 2 aliphatic heterocycles. The summed E-state index contributed by atoms with van der Waals surface area (Å²) in [7, 11) is -3.65. The number of aromatic nitrogens is 2. The minimum atomic E-state index is -3.65. The molecule has 0 spiro atoms. The molecule has 0 aliphatic carbocycles. The molecule has 0 bridgehead atoms. The first-order valence-electron chi connectivity index (χ1n) is 11.2. The normalized spacial score (nSPS) is 20.8. The molecule has 0 unspecified atom stereocenters. The molecule has 0 radical (unpaired) electrons. The van der Waals surface area contributed by atoms with Crippen molar-refractivity contribution in [2.75, 3.05) is 39.3 Å². The maximum absolute atomic E-state index is 13.1. The average Bonchev–Trinajstić information content (AvgIpc) is 3.45. The molecule has 4 heterocycles. The summed E-state index contributed by atoms with van der Waals surface area (Å²) in [5.74, 6) is 0.372. The predicted octanol–water partition coefficient (Wildman–Crippen LogP) is 2.08. The largest absolute Gasteiger partial charge is 0.376 e. The zero-order valence-corrected chi connectivity index (χ0v) is 20.1. The fourth-order valence-electron chi connectivity index (χ4n) is 4.74. The fourth-order valence-corrected chi connectivity index (χ4v) is 6.46. The van der Waals surface area contributed by atoms with E-state index in [9.17, 15) is 13.2 Å². The van der Waals surface area contributed by atoms with Gasteiger partial charge >= 0.3 is 0 Å². The molecule has 0 aromatic carbocycles. The Bertz CT molecular complexity index is 1070. The summed E-state index contributed by atoms with van der Waals surface area (Å²) in [4.78, 5) is 15.2. The minimum Gasteiger partial charge on any atom is -0.376 e. The van der Waals surface area contributed by atoms with Crippen LogP contribution in [0.3, 0.4) is 0 Å². The molecule has 0 amide bonds. The zero-order chi connectivity index (χ0) is 23.0. The highest BCUT2D eigenvalue weighted by molar-refractivity contribution is 7.89. The number of carbonyl (C=O) groups is 1. The van der Waals surface area contributed by atoms with Crippen LogP contribution in [0.1, 0.15) is 46.0 Å². The van der Waals surface area contributed by atoms with E-state index in [1.165, 1.54) is 4.31 Å². The molecule has 0 N–H and O–H groups in total. The highest BCUT2D eigenvalue weighted by Crippen LogP contribution is 2.25. The number of ketones is 1. The number of ether oxygens (including phenoxy) is 1. The van der Waals surface area contributed by atoms with Gasteiger partial charge in [0, 0.05) is 56.3 Å². The van der Waals surface area contributed by atoms with Gasteiger partial charge < -0.3 is 13.8 Å². The average molecular weight is 465 g/mol. The second-order valence-corrected chi connectivity index (χ2v) is 10.7. The van der Waals surface area contributed by atoms with Gasteiger partial charge in [-0.15, -0.1) is 0 Å². The molecular weight excluding hydrogens is 432 g/mol. The third-order valence-electron chi connectivity index (χ3n) is 6.55. The predicted molar refractivity (Wildman–Crippen MR) is 118 cm³/mol. The molecule has 1 atom stereocenters. The van der Waals surface area contributed by atoms with Crippen LogP contribution in [0.15, 0.2) is 15.5 Å². The quantitative estimate of drug-likeness (QED) is 0.579. The van der Waals surface area contributed by atoms with Crippen LogP contribution in [-0.2, 0) is 21.3 Å². The van der Waals surface area contributed by atoms with E-state index in [4.69, 9.17) is 9.26 Å². The van der Waals surface area contributed by atoms with Gasteiger partial charge in [0.15, 0.2) is 11.5 Å². The Morgan fingerprint density at radius 3 is 2.47 bits per heavy atom. The van der Waals surface area contributed by atoms with E-state index in [0.29, 0.717) is 37.6 Å². The Hall–Kier alpha value is -2.01. The van der Waals surface area contributed by atoms with Crippen LogP contribution >= 0.6 is 0 Å². The monoisotopic (exact) mass is 464 g/mol. The van der Waals surface area contributed by atoms with Crippen molar-refractivity contribution in [1.29, 1.82) is 0 Å². The standard InChI is InChI=1S/C22H32N4O5S/c1-15-12-20(17(3)26(15)13-19-6-5-11-30-19)21(27)14-24-7-9-25(10-8-24)32(28,29)22-16(2)23-31-18(22)4/h12,19H,5-11,13-14H2,1-4H3/t19-/m0/s1. The number of hydrogen-bond donors (Lipinski definition) is 0. The van der Waals surface area contributed by atoms with Crippen LogP contribution in [-0.4, -0.2) is 78.6 Å². The highest BCUT2D eigenvalue weighted by atomic mass is 32.2. The van der Waals surface area contributed by atoms with Gasteiger partial charge in [-0.25, -0.2) is 8.42 Å². The van der Waals surface area contributed by atoms with Crippen LogP contribution in [0, 0.1) is 27.7 Å². The van der Waals surface area contributed by atoms with Crippen LogP contribution < -0.4 is 0 Å². The molecular formula is C22H32N4O5S. The lowest BCUT2D eigenvalue weighted by Gasteiger charge is -2.33. The van der Waals surface area contributed by atoms with E-state index < -0.39 is 10.0 Å². The second-order valence-electron chi connectivity index (χ2n) is 8.79. The van der Waals surface area contributed by atoms with E-state index in [-0.39, 0.29) is 23.3 Å². The lowest BCUT2D eigenvalue weighted by Crippen LogP contribution is -2.49. The van der Waals surface area contributed by atoms with Crippen molar-refractivity contribution in [3.63, 3.8) is 0 Å². The first-order chi connectivity index (χ1) is 15.2. The summed E-state index contributed by atoms with van der Waals surface area (Å²) < 4.78 is 40.4. The van der Waals surface area contributed by atoms with Gasteiger partial charge in [-0.05, 0) is 46.6 Å². The van der Waals surface area contributed by atoms with Crippen LogP contribution in [0.5, 0.6) is 0 Å². The van der Waals surface area contributed by atoms with Gasteiger partial charge in [-0.2, -0.15) is 4.31 Å². The third kappa shape index (κ3) is 4.41. The summed E-state index contributed by atoms with van der Waals surface area (Å²) in [6.07, 6.45) is 2.37. The van der Waals surface area contributed by atoms with Crippen molar-refractivity contribution in [3.05, 3.63) is 34.5 Å². The summed E-state index contributed by atoms with van der Waals surface area (Å²) in [5.41, 5.74) is 3.16. The molecule has 0 saturated carbocycles. The molecule has 2 fully saturated rings. The molecule has 2 aromatic rings. The van der Waals surface area contributed by atoms with Crippen LogP contribution in [0.2, 0.25) is 0 Å².